The van der Waals surface area contributed by atoms with Gasteiger partial charge in [-0.05, 0) is 29.9 Å². The van der Waals surface area contributed by atoms with E-state index in [0.717, 1.165) is 33.8 Å². The van der Waals surface area contributed by atoms with Gasteiger partial charge in [0, 0.05) is 17.3 Å². The van der Waals surface area contributed by atoms with E-state index in [9.17, 15) is 0 Å². The SMILES string of the molecule is S=c1[nH]c(-c2ccccc2)cn1/N=C/c1cn(-c2ccccc2)nc1-c1ccccc1. The molecule has 0 atom stereocenters. The quantitative estimate of drug-likeness (QED) is 0.282. The molecule has 0 radical (unpaired) electrons. The smallest absolute Gasteiger partial charge is 0.198 e. The van der Waals surface area contributed by atoms with E-state index in [1.165, 1.54) is 0 Å². The first-order valence-electron chi connectivity index (χ1n) is 9.90. The minimum atomic E-state index is 0.534. The monoisotopic (exact) mass is 421 g/mol. The van der Waals surface area contributed by atoms with Gasteiger partial charge >= 0.3 is 0 Å². The van der Waals surface area contributed by atoms with Crippen LogP contribution in [0.3, 0.4) is 0 Å². The molecule has 2 aromatic heterocycles. The Labute approximate surface area is 184 Å². The summed E-state index contributed by atoms with van der Waals surface area (Å²) in [7, 11) is 0. The van der Waals surface area contributed by atoms with E-state index >= 15 is 0 Å². The summed E-state index contributed by atoms with van der Waals surface area (Å²) in [4.78, 5) is 3.22. The summed E-state index contributed by atoms with van der Waals surface area (Å²) in [6, 6.07) is 30.2. The van der Waals surface area contributed by atoms with Crippen LogP contribution >= 0.6 is 12.2 Å². The molecule has 0 aliphatic heterocycles. The fraction of sp³-hybridized carbons (Fsp3) is 0. The second-order valence-corrected chi connectivity index (χ2v) is 7.39. The van der Waals surface area contributed by atoms with Crippen molar-refractivity contribution in [3.63, 3.8) is 0 Å². The third-order valence-electron chi connectivity index (χ3n) is 4.92. The highest BCUT2D eigenvalue weighted by Gasteiger charge is 2.11. The van der Waals surface area contributed by atoms with E-state index in [1.54, 1.807) is 10.9 Å². The highest BCUT2D eigenvalue weighted by Crippen LogP contribution is 2.23. The summed E-state index contributed by atoms with van der Waals surface area (Å²) >= 11 is 5.47. The van der Waals surface area contributed by atoms with E-state index in [2.05, 4.69) is 10.1 Å². The highest BCUT2D eigenvalue weighted by atomic mass is 32.1. The number of rotatable bonds is 5. The first-order valence-corrected chi connectivity index (χ1v) is 10.3. The Bertz CT molecular complexity index is 1380. The summed E-state index contributed by atoms with van der Waals surface area (Å²) in [5.74, 6) is 0. The predicted molar refractivity (Wildman–Crippen MR) is 127 cm³/mol. The van der Waals surface area contributed by atoms with Gasteiger partial charge in [-0.3, -0.25) is 0 Å². The molecular formula is C25H19N5S. The topological polar surface area (TPSA) is 50.9 Å². The van der Waals surface area contributed by atoms with Crippen molar-refractivity contribution in [2.75, 3.05) is 0 Å². The number of nitrogens with one attached hydrogen (secondary N) is 1. The second kappa shape index (κ2) is 8.38. The van der Waals surface area contributed by atoms with Gasteiger partial charge in [0.15, 0.2) is 4.77 Å². The molecule has 0 saturated carbocycles. The van der Waals surface area contributed by atoms with Crippen molar-refractivity contribution >= 4 is 18.4 Å². The van der Waals surface area contributed by atoms with Crippen molar-refractivity contribution in [3.8, 4) is 28.2 Å². The summed E-state index contributed by atoms with van der Waals surface area (Å²) in [5.41, 5.74) is 5.76. The zero-order valence-electron chi connectivity index (χ0n) is 16.6. The number of aromatic amines is 1. The Morgan fingerprint density at radius 2 is 1.39 bits per heavy atom. The fourth-order valence-electron chi connectivity index (χ4n) is 3.38. The molecule has 31 heavy (non-hydrogen) atoms. The lowest BCUT2D eigenvalue weighted by atomic mass is 10.1. The number of aromatic nitrogens is 4. The van der Waals surface area contributed by atoms with E-state index in [1.807, 2.05) is 108 Å². The molecule has 0 saturated heterocycles. The maximum atomic E-state index is 5.47. The van der Waals surface area contributed by atoms with Crippen LogP contribution in [-0.2, 0) is 0 Å². The molecule has 2 heterocycles. The molecule has 0 bridgehead atoms. The molecule has 0 fully saturated rings. The van der Waals surface area contributed by atoms with Crippen LogP contribution in [0.5, 0.6) is 0 Å². The van der Waals surface area contributed by atoms with Crippen LogP contribution in [0, 0.1) is 4.77 Å². The Kier molecular flexibility index (Phi) is 5.12. The zero-order valence-corrected chi connectivity index (χ0v) is 17.4. The van der Waals surface area contributed by atoms with Crippen molar-refractivity contribution in [1.29, 1.82) is 0 Å². The van der Waals surface area contributed by atoms with Gasteiger partial charge in [-0.1, -0.05) is 78.9 Å². The van der Waals surface area contributed by atoms with Crippen molar-refractivity contribution < 1.29 is 0 Å². The minimum absolute atomic E-state index is 0.534. The van der Waals surface area contributed by atoms with Crippen LogP contribution in [0.15, 0.2) is 108 Å². The number of para-hydroxylation sites is 1. The Balaban J connectivity index is 1.54. The van der Waals surface area contributed by atoms with Gasteiger partial charge in [-0.15, -0.1) is 0 Å². The first kappa shape index (κ1) is 19.0. The number of hydrogen-bond acceptors (Lipinski definition) is 3. The molecule has 6 heteroatoms. The normalized spacial score (nSPS) is 11.2. The number of benzene rings is 3. The van der Waals surface area contributed by atoms with Crippen molar-refractivity contribution in [2.24, 2.45) is 5.10 Å². The highest BCUT2D eigenvalue weighted by molar-refractivity contribution is 7.71. The van der Waals surface area contributed by atoms with E-state index in [0.29, 0.717) is 4.77 Å². The molecule has 0 aliphatic carbocycles. The molecule has 0 unspecified atom stereocenters. The Morgan fingerprint density at radius 3 is 2.06 bits per heavy atom. The Hall–Kier alpha value is -4.03. The van der Waals surface area contributed by atoms with Crippen LogP contribution in [0.25, 0.3) is 28.2 Å². The average Bonchev–Trinajstić information content (AvgIpc) is 3.43. The van der Waals surface area contributed by atoms with Crippen LogP contribution in [0.1, 0.15) is 5.56 Å². The third kappa shape index (κ3) is 4.01. The van der Waals surface area contributed by atoms with Gasteiger partial charge < -0.3 is 4.98 Å². The largest absolute Gasteiger partial charge is 0.329 e. The lowest BCUT2D eigenvalue weighted by Crippen LogP contribution is -1.93. The molecule has 1 N–H and O–H groups in total. The summed E-state index contributed by atoms with van der Waals surface area (Å²) in [6.07, 6.45) is 5.68. The van der Waals surface area contributed by atoms with E-state index < -0.39 is 0 Å². The molecule has 0 aliphatic rings. The fourth-order valence-corrected chi connectivity index (χ4v) is 3.59. The molecule has 0 spiro atoms. The predicted octanol–water partition coefficient (Wildman–Crippen LogP) is 5.95. The zero-order chi connectivity index (χ0) is 21.0. The third-order valence-corrected chi connectivity index (χ3v) is 5.21. The second-order valence-electron chi connectivity index (χ2n) is 7.01. The van der Waals surface area contributed by atoms with E-state index in [-0.39, 0.29) is 0 Å². The van der Waals surface area contributed by atoms with Crippen LogP contribution in [0.2, 0.25) is 0 Å². The molecular weight excluding hydrogens is 402 g/mol. The van der Waals surface area contributed by atoms with Crippen molar-refractivity contribution in [3.05, 3.63) is 114 Å². The van der Waals surface area contributed by atoms with E-state index in [4.69, 9.17) is 17.3 Å². The standard InChI is InChI=1S/C25H19N5S/c31-25-27-23(19-10-4-1-5-11-19)18-30(25)26-16-21-17-29(22-14-8-3-9-15-22)28-24(21)20-12-6-2-7-13-20/h1-18H,(H,27,31)/b26-16+. The summed E-state index contributed by atoms with van der Waals surface area (Å²) < 4.78 is 4.08. The maximum absolute atomic E-state index is 5.47. The molecule has 5 aromatic rings. The summed E-state index contributed by atoms with van der Waals surface area (Å²) in [6.45, 7) is 0. The lowest BCUT2D eigenvalue weighted by molar-refractivity contribution is 0.864. The molecule has 3 aromatic carbocycles. The molecule has 5 nitrogen and oxygen atoms in total. The maximum Gasteiger partial charge on any atom is 0.198 e. The van der Waals surface area contributed by atoms with Gasteiger partial charge in [-0.2, -0.15) is 10.2 Å². The summed E-state index contributed by atoms with van der Waals surface area (Å²) in [5, 5.41) is 9.44. The molecule has 5 rings (SSSR count). The Morgan fingerprint density at radius 1 is 0.774 bits per heavy atom. The van der Waals surface area contributed by atoms with Crippen LogP contribution in [-0.4, -0.2) is 25.7 Å². The van der Waals surface area contributed by atoms with Crippen LogP contribution in [0.4, 0.5) is 0 Å². The molecule has 0 amide bonds. The van der Waals surface area contributed by atoms with Gasteiger partial charge in [-0.25, -0.2) is 9.36 Å². The van der Waals surface area contributed by atoms with Gasteiger partial charge in [0.25, 0.3) is 0 Å². The van der Waals surface area contributed by atoms with Gasteiger partial charge in [0.2, 0.25) is 0 Å². The first-order chi connectivity index (χ1) is 15.3. The number of nitrogens with zero attached hydrogens (tertiary/aromatic N) is 4. The van der Waals surface area contributed by atoms with Gasteiger partial charge in [0.1, 0.15) is 5.69 Å². The van der Waals surface area contributed by atoms with Crippen molar-refractivity contribution in [1.82, 2.24) is 19.4 Å². The number of H-pyrrole nitrogens is 1. The average molecular weight is 422 g/mol. The molecule has 150 valence electrons. The van der Waals surface area contributed by atoms with Crippen LogP contribution < -0.4 is 0 Å². The number of imidazole rings is 1. The minimum Gasteiger partial charge on any atom is -0.329 e. The van der Waals surface area contributed by atoms with Crippen molar-refractivity contribution in [2.45, 2.75) is 0 Å². The van der Waals surface area contributed by atoms with Gasteiger partial charge in [0.05, 0.1) is 23.8 Å². The number of hydrogen-bond donors (Lipinski definition) is 1. The lowest BCUT2D eigenvalue weighted by Gasteiger charge is -2.00.